The highest BCUT2D eigenvalue weighted by atomic mass is 16.4. The van der Waals surface area contributed by atoms with Crippen LogP contribution in [-0.2, 0) is 11.3 Å². The molecule has 0 spiro atoms. The molecule has 5 rings (SSSR count). The van der Waals surface area contributed by atoms with Gasteiger partial charge < -0.3 is 15.1 Å². The maximum atomic E-state index is 12.9. The van der Waals surface area contributed by atoms with Crippen molar-refractivity contribution in [1.82, 2.24) is 25.5 Å². The van der Waals surface area contributed by atoms with Gasteiger partial charge in [-0.15, -0.1) is 10.2 Å². The lowest BCUT2D eigenvalue weighted by molar-refractivity contribution is -0.122. The molecule has 0 bridgehead atoms. The minimum atomic E-state index is -0.731. The predicted molar refractivity (Wildman–Crippen MR) is 124 cm³/mol. The fraction of sp³-hybridized carbons (Fsp3) is 0.250. The number of nitrogens with zero attached hydrogens (tertiary/aromatic N) is 4. The van der Waals surface area contributed by atoms with Crippen molar-refractivity contribution in [2.75, 3.05) is 5.32 Å². The molecule has 1 saturated carbocycles. The van der Waals surface area contributed by atoms with Gasteiger partial charge in [0, 0.05) is 17.0 Å². The molecular formula is C24H22N6O4. The number of hydrogen-bond acceptors (Lipinski definition) is 7. The van der Waals surface area contributed by atoms with Crippen LogP contribution in [0.15, 0.2) is 63.8 Å². The largest absolute Gasteiger partial charge is 0.422 e. The average molecular weight is 458 g/mol. The van der Waals surface area contributed by atoms with Crippen molar-refractivity contribution < 1.29 is 14.0 Å². The number of nitrogens with one attached hydrogen (secondary N) is 2. The molecule has 1 aliphatic carbocycles. The highest BCUT2D eigenvalue weighted by Gasteiger charge is 2.20. The smallest absolute Gasteiger partial charge is 0.349 e. The SMILES string of the molecule is O=C(Cn1nnc(-c2ccccc2NC(=O)c2cc3ccccc3oc2=O)n1)NC1CCCC1. The van der Waals surface area contributed by atoms with E-state index in [4.69, 9.17) is 4.42 Å². The van der Waals surface area contributed by atoms with Crippen molar-refractivity contribution in [3.8, 4) is 11.4 Å². The Morgan fingerprint density at radius 3 is 2.68 bits per heavy atom. The summed E-state index contributed by atoms with van der Waals surface area (Å²) in [5.74, 6) is -0.536. The van der Waals surface area contributed by atoms with E-state index < -0.39 is 11.5 Å². The monoisotopic (exact) mass is 458 g/mol. The Kier molecular flexibility index (Phi) is 5.86. The Labute approximate surface area is 194 Å². The van der Waals surface area contributed by atoms with Crippen molar-refractivity contribution in [2.45, 2.75) is 38.3 Å². The molecule has 10 heteroatoms. The number of para-hydroxylation sites is 2. The zero-order valence-electron chi connectivity index (χ0n) is 18.2. The third kappa shape index (κ3) is 4.56. The topological polar surface area (TPSA) is 132 Å². The summed E-state index contributed by atoms with van der Waals surface area (Å²) < 4.78 is 5.26. The zero-order valence-corrected chi connectivity index (χ0v) is 18.2. The summed E-state index contributed by atoms with van der Waals surface area (Å²) in [7, 11) is 0. The van der Waals surface area contributed by atoms with E-state index in [9.17, 15) is 14.4 Å². The first kappa shape index (κ1) is 21.5. The third-order valence-electron chi connectivity index (χ3n) is 5.76. The second-order valence-corrected chi connectivity index (χ2v) is 8.18. The van der Waals surface area contributed by atoms with Gasteiger partial charge in [0.2, 0.25) is 11.7 Å². The third-order valence-corrected chi connectivity index (χ3v) is 5.76. The Bertz CT molecular complexity index is 1420. The first-order valence-corrected chi connectivity index (χ1v) is 11.1. The van der Waals surface area contributed by atoms with Crippen LogP contribution in [0, 0.1) is 0 Å². The van der Waals surface area contributed by atoms with Crippen LogP contribution in [0.4, 0.5) is 5.69 Å². The maximum absolute atomic E-state index is 12.9. The van der Waals surface area contributed by atoms with Gasteiger partial charge in [-0.05, 0) is 42.3 Å². The van der Waals surface area contributed by atoms with Gasteiger partial charge in [-0.2, -0.15) is 4.80 Å². The molecule has 2 amide bonds. The molecule has 0 aliphatic heterocycles. The molecule has 0 unspecified atom stereocenters. The van der Waals surface area contributed by atoms with Gasteiger partial charge in [-0.25, -0.2) is 4.79 Å². The van der Waals surface area contributed by atoms with Crippen LogP contribution in [0.2, 0.25) is 0 Å². The van der Waals surface area contributed by atoms with Crippen molar-refractivity contribution >= 4 is 28.5 Å². The van der Waals surface area contributed by atoms with E-state index in [1.165, 1.54) is 10.9 Å². The number of anilines is 1. The van der Waals surface area contributed by atoms with Gasteiger partial charge in [-0.3, -0.25) is 9.59 Å². The predicted octanol–water partition coefficient (Wildman–Crippen LogP) is 2.76. The Balaban J connectivity index is 1.34. The lowest BCUT2D eigenvalue weighted by atomic mass is 10.1. The molecule has 2 N–H and O–H groups in total. The lowest BCUT2D eigenvalue weighted by Gasteiger charge is -2.10. The van der Waals surface area contributed by atoms with E-state index in [1.807, 2.05) is 0 Å². The molecule has 2 heterocycles. The lowest BCUT2D eigenvalue weighted by Crippen LogP contribution is -2.35. The molecule has 0 radical (unpaired) electrons. The van der Waals surface area contributed by atoms with Crippen LogP contribution >= 0.6 is 0 Å². The fourth-order valence-corrected chi connectivity index (χ4v) is 4.09. The molecular weight excluding hydrogens is 436 g/mol. The Morgan fingerprint density at radius 2 is 1.82 bits per heavy atom. The van der Waals surface area contributed by atoms with Crippen LogP contribution in [0.1, 0.15) is 36.0 Å². The highest BCUT2D eigenvalue weighted by Crippen LogP contribution is 2.25. The van der Waals surface area contributed by atoms with Crippen molar-refractivity contribution in [1.29, 1.82) is 0 Å². The second-order valence-electron chi connectivity index (χ2n) is 8.18. The van der Waals surface area contributed by atoms with Gasteiger partial charge in [0.05, 0.1) is 5.69 Å². The Morgan fingerprint density at radius 1 is 1.06 bits per heavy atom. The molecule has 4 aromatic rings. The highest BCUT2D eigenvalue weighted by molar-refractivity contribution is 6.07. The second kappa shape index (κ2) is 9.26. The molecule has 2 aromatic heterocycles. The minimum Gasteiger partial charge on any atom is -0.422 e. The number of rotatable bonds is 6. The molecule has 0 atom stereocenters. The molecule has 10 nitrogen and oxygen atoms in total. The van der Waals surface area contributed by atoms with E-state index >= 15 is 0 Å². The summed E-state index contributed by atoms with van der Waals surface area (Å²) in [5, 5.41) is 18.7. The van der Waals surface area contributed by atoms with Gasteiger partial charge in [0.25, 0.3) is 5.91 Å². The van der Waals surface area contributed by atoms with Gasteiger partial charge in [0.1, 0.15) is 17.7 Å². The zero-order chi connectivity index (χ0) is 23.5. The standard InChI is InChI=1S/C24H22N6O4/c31-21(25-16-8-2-3-9-16)14-30-28-22(27-29-30)17-10-4-5-11-19(17)26-23(32)18-13-15-7-1-6-12-20(15)34-24(18)33/h1,4-7,10-13,16H,2-3,8-9,14H2,(H,25,31)(H,26,32). The van der Waals surface area contributed by atoms with E-state index in [1.54, 1.807) is 48.5 Å². The summed E-state index contributed by atoms with van der Waals surface area (Å²) in [6, 6.07) is 15.6. The van der Waals surface area contributed by atoms with E-state index in [-0.39, 0.29) is 29.9 Å². The van der Waals surface area contributed by atoms with Crippen molar-refractivity contribution in [3.63, 3.8) is 0 Å². The van der Waals surface area contributed by atoms with Gasteiger partial charge in [-0.1, -0.05) is 43.2 Å². The maximum Gasteiger partial charge on any atom is 0.349 e. The normalized spacial score (nSPS) is 13.8. The number of fused-ring (bicyclic) bond motifs is 1. The number of carbonyl (C=O) groups is 2. The van der Waals surface area contributed by atoms with Crippen LogP contribution in [0.5, 0.6) is 0 Å². The number of amides is 2. The quantitative estimate of drug-likeness (QED) is 0.425. The summed E-state index contributed by atoms with van der Waals surface area (Å²) in [6.45, 7) is -0.0455. The van der Waals surface area contributed by atoms with Crippen LogP contribution < -0.4 is 16.3 Å². The van der Waals surface area contributed by atoms with Crippen LogP contribution in [0.3, 0.4) is 0 Å². The molecule has 2 aromatic carbocycles. The van der Waals surface area contributed by atoms with Crippen molar-refractivity contribution in [3.05, 3.63) is 70.6 Å². The number of benzene rings is 2. The summed E-state index contributed by atoms with van der Waals surface area (Å²) in [4.78, 5) is 38.7. The number of tetrazole rings is 1. The van der Waals surface area contributed by atoms with E-state index in [0.29, 0.717) is 22.2 Å². The fourth-order valence-electron chi connectivity index (χ4n) is 4.09. The van der Waals surface area contributed by atoms with E-state index in [0.717, 1.165) is 25.7 Å². The molecule has 1 aliphatic rings. The van der Waals surface area contributed by atoms with Gasteiger partial charge >= 0.3 is 5.63 Å². The van der Waals surface area contributed by atoms with Crippen molar-refractivity contribution in [2.24, 2.45) is 0 Å². The molecule has 34 heavy (non-hydrogen) atoms. The minimum absolute atomic E-state index is 0.0455. The molecule has 1 fully saturated rings. The number of carbonyl (C=O) groups excluding carboxylic acids is 2. The molecule has 0 saturated heterocycles. The number of aromatic nitrogens is 4. The summed E-state index contributed by atoms with van der Waals surface area (Å²) >= 11 is 0. The number of hydrogen-bond donors (Lipinski definition) is 2. The summed E-state index contributed by atoms with van der Waals surface area (Å²) in [6.07, 6.45) is 4.23. The van der Waals surface area contributed by atoms with Crippen LogP contribution in [0.25, 0.3) is 22.4 Å². The van der Waals surface area contributed by atoms with E-state index in [2.05, 4.69) is 26.0 Å². The first-order chi connectivity index (χ1) is 16.6. The average Bonchev–Trinajstić information content (AvgIpc) is 3.51. The molecule has 172 valence electrons. The van der Waals surface area contributed by atoms with Gasteiger partial charge in [0.15, 0.2) is 0 Å². The Hall–Kier alpha value is -4.34. The van der Waals surface area contributed by atoms with Crippen LogP contribution in [-0.4, -0.2) is 38.1 Å². The summed E-state index contributed by atoms with van der Waals surface area (Å²) in [5.41, 5.74) is 0.459. The first-order valence-electron chi connectivity index (χ1n) is 11.1.